The van der Waals surface area contributed by atoms with Crippen LogP contribution >= 0.6 is 0 Å². The number of piperazine rings is 1. The zero-order chi connectivity index (χ0) is 19.1. The van der Waals surface area contributed by atoms with E-state index in [2.05, 4.69) is 11.8 Å². The minimum absolute atomic E-state index is 0.0587. The molecule has 0 aliphatic carbocycles. The van der Waals surface area contributed by atoms with Crippen molar-refractivity contribution >= 4 is 11.7 Å². The number of Topliss-reactive ketones (excluding diaryl/α,β-unsaturated/α-hetero) is 1. The Hall–Kier alpha value is -1.72. The van der Waals surface area contributed by atoms with Crippen LogP contribution in [0.15, 0.2) is 24.3 Å². The summed E-state index contributed by atoms with van der Waals surface area (Å²) in [7, 11) is 0. The van der Waals surface area contributed by atoms with Crippen molar-refractivity contribution in [2.24, 2.45) is 0 Å². The molecule has 1 unspecified atom stereocenters. The zero-order valence-electron chi connectivity index (χ0n) is 16.5. The van der Waals surface area contributed by atoms with Gasteiger partial charge in [0.2, 0.25) is 5.91 Å². The van der Waals surface area contributed by atoms with Crippen molar-refractivity contribution in [2.75, 3.05) is 39.3 Å². The van der Waals surface area contributed by atoms with E-state index in [1.165, 1.54) is 12.0 Å². The zero-order valence-corrected chi connectivity index (χ0v) is 16.5. The molecule has 2 aliphatic rings. The lowest BCUT2D eigenvalue weighted by molar-refractivity contribution is -0.133. The number of hydrogen-bond acceptors (Lipinski definition) is 4. The normalized spacial score (nSPS) is 20.8. The number of nitrogens with zero attached hydrogens (tertiary/aromatic N) is 2. The molecule has 1 aromatic rings. The average Bonchev–Trinajstić information content (AvgIpc) is 3.20. The van der Waals surface area contributed by atoms with E-state index < -0.39 is 0 Å². The standard InChI is InChI=1S/C22H32N2O3/c1-2-4-18-6-8-19(9-7-18)21(25)10-11-22(26)24-14-12-23(13-15-24)17-20-5-3-16-27-20/h6-9,20H,2-5,10-17H2,1H3. The summed E-state index contributed by atoms with van der Waals surface area (Å²) in [4.78, 5) is 29.1. The Morgan fingerprint density at radius 1 is 1.07 bits per heavy atom. The molecule has 1 amide bonds. The number of ketones is 1. The SMILES string of the molecule is CCCc1ccc(C(=O)CCC(=O)N2CCN(CC3CCCO3)CC2)cc1. The second-order valence-corrected chi connectivity index (χ2v) is 7.69. The fraction of sp³-hybridized carbons (Fsp3) is 0.636. The lowest BCUT2D eigenvalue weighted by Gasteiger charge is -2.35. The van der Waals surface area contributed by atoms with Crippen LogP contribution in [-0.2, 0) is 16.0 Å². The van der Waals surface area contributed by atoms with E-state index in [0.29, 0.717) is 24.5 Å². The molecular formula is C22H32N2O3. The number of aryl methyl sites for hydroxylation is 1. The number of rotatable bonds is 8. The lowest BCUT2D eigenvalue weighted by Crippen LogP contribution is -2.50. The predicted octanol–water partition coefficient (Wildman–Crippen LogP) is 2.93. The molecule has 0 radical (unpaired) electrons. The van der Waals surface area contributed by atoms with Gasteiger partial charge in [0.1, 0.15) is 0 Å². The fourth-order valence-electron chi connectivity index (χ4n) is 3.93. The number of hydrogen-bond donors (Lipinski definition) is 0. The van der Waals surface area contributed by atoms with Gasteiger partial charge in [-0.1, -0.05) is 37.6 Å². The van der Waals surface area contributed by atoms with Gasteiger partial charge in [0.05, 0.1) is 6.10 Å². The first-order valence-electron chi connectivity index (χ1n) is 10.4. The summed E-state index contributed by atoms with van der Waals surface area (Å²) in [6, 6.07) is 7.82. The van der Waals surface area contributed by atoms with Crippen LogP contribution in [0.1, 0.15) is 54.9 Å². The van der Waals surface area contributed by atoms with E-state index in [-0.39, 0.29) is 11.7 Å². The van der Waals surface area contributed by atoms with E-state index in [1.54, 1.807) is 0 Å². The summed E-state index contributed by atoms with van der Waals surface area (Å²) in [5, 5.41) is 0. The highest BCUT2D eigenvalue weighted by molar-refractivity contribution is 5.98. The van der Waals surface area contributed by atoms with Gasteiger partial charge >= 0.3 is 0 Å². The molecule has 0 bridgehead atoms. The molecule has 27 heavy (non-hydrogen) atoms. The van der Waals surface area contributed by atoms with Gasteiger partial charge in [-0.3, -0.25) is 14.5 Å². The molecule has 2 aliphatic heterocycles. The lowest BCUT2D eigenvalue weighted by atomic mass is 10.0. The summed E-state index contributed by atoms with van der Waals surface area (Å²) in [5.41, 5.74) is 1.97. The van der Waals surface area contributed by atoms with Crippen molar-refractivity contribution < 1.29 is 14.3 Å². The Morgan fingerprint density at radius 2 is 1.81 bits per heavy atom. The van der Waals surface area contributed by atoms with E-state index in [0.717, 1.165) is 58.6 Å². The summed E-state index contributed by atoms with van der Waals surface area (Å²) in [5.74, 6) is 0.158. The monoisotopic (exact) mass is 372 g/mol. The van der Waals surface area contributed by atoms with Crippen LogP contribution < -0.4 is 0 Å². The van der Waals surface area contributed by atoms with Crippen LogP contribution in [0.5, 0.6) is 0 Å². The van der Waals surface area contributed by atoms with Gasteiger partial charge < -0.3 is 9.64 Å². The van der Waals surface area contributed by atoms with Crippen molar-refractivity contribution in [3.8, 4) is 0 Å². The van der Waals surface area contributed by atoms with Gasteiger partial charge in [0, 0.05) is 57.7 Å². The molecule has 0 aromatic heterocycles. The van der Waals surface area contributed by atoms with Gasteiger partial charge in [0.15, 0.2) is 5.78 Å². The summed E-state index contributed by atoms with van der Waals surface area (Å²) >= 11 is 0. The average molecular weight is 373 g/mol. The minimum atomic E-state index is 0.0587. The summed E-state index contributed by atoms with van der Waals surface area (Å²) < 4.78 is 5.70. The first-order chi connectivity index (χ1) is 13.2. The highest BCUT2D eigenvalue weighted by Gasteiger charge is 2.25. The molecular weight excluding hydrogens is 340 g/mol. The molecule has 1 aromatic carbocycles. The first kappa shape index (κ1) is 20.0. The Balaban J connectivity index is 1.38. The van der Waals surface area contributed by atoms with Crippen LogP contribution in [0, 0.1) is 0 Å². The molecule has 5 nitrogen and oxygen atoms in total. The van der Waals surface area contributed by atoms with Crippen LogP contribution in [0.25, 0.3) is 0 Å². The second-order valence-electron chi connectivity index (χ2n) is 7.69. The second kappa shape index (κ2) is 10.00. The maximum absolute atomic E-state index is 12.5. The van der Waals surface area contributed by atoms with Crippen molar-refractivity contribution in [3.05, 3.63) is 35.4 Å². The van der Waals surface area contributed by atoms with Gasteiger partial charge in [-0.05, 0) is 24.8 Å². The van der Waals surface area contributed by atoms with E-state index in [1.807, 2.05) is 29.2 Å². The highest BCUT2D eigenvalue weighted by Crippen LogP contribution is 2.15. The van der Waals surface area contributed by atoms with Gasteiger partial charge in [-0.25, -0.2) is 0 Å². The van der Waals surface area contributed by atoms with Crippen LogP contribution in [-0.4, -0.2) is 66.9 Å². The largest absolute Gasteiger partial charge is 0.377 e. The number of benzene rings is 1. The van der Waals surface area contributed by atoms with Gasteiger partial charge in [-0.15, -0.1) is 0 Å². The smallest absolute Gasteiger partial charge is 0.223 e. The third kappa shape index (κ3) is 5.88. The Kier molecular flexibility index (Phi) is 7.41. The molecule has 148 valence electrons. The highest BCUT2D eigenvalue weighted by atomic mass is 16.5. The van der Waals surface area contributed by atoms with E-state index in [9.17, 15) is 9.59 Å². The van der Waals surface area contributed by atoms with Crippen molar-refractivity contribution in [2.45, 2.75) is 51.6 Å². The van der Waals surface area contributed by atoms with Gasteiger partial charge in [-0.2, -0.15) is 0 Å². The molecule has 2 saturated heterocycles. The third-order valence-corrected chi connectivity index (χ3v) is 5.59. The van der Waals surface area contributed by atoms with Crippen molar-refractivity contribution in [1.82, 2.24) is 9.80 Å². The van der Waals surface area contributed by atoms with Gasteiger partial charge in [0.25, 0.3) is 0 Å². The fourth-order valence-corrected chi connectivity index (χ4v) is 3.93. The first-order valence-corrected chi connectivity index (χ1v) is 10.4. The number of carbonyl (C=O) groups excluding carboxylic acids is 2. The van der Waals surface area contributed by atoms with E-state index >= 15 is 0 Å². The number of amides is 1. The molecule has 0 saturated carbocycles. The quantitative estimate of drug-likeness (QED) is 0.659. The molecule has 1 atom stereocenters. The van der Waals surface area contributed by atoms with E-state index in [4.69, 9.17) is 4.74 Å². The minimum Gasteiger partial charge on any atom is -0.377 e. The molecule has 2 heterocycles. The van der Waals surface area contributed by atoms with Crippen LogP contribution in [0.2, 0.25) is 0 Å². The Labute approximate surface area is 162 Å². The maximum atomic E-state index is 12.5. The maximum Gasteiger partial charge on any atom is 0.223 e. The van der Waals surface area contributed by atoms with Crippen molar-refractivity contribution in [3.63, 3.8) is 0 Å². The molecule has 5 heteroatoms. The van der Waals surface area contributed by atoms with Crippen molar-refractivity contribution in [1.29, 1.82) is 0 Å². The molecule has 2 fully saturated rings. The van der Waals surface area contributed by atoms with Crippen LogP contribution in [0.3, 0.4) is 0 Å². The predicted molar refractivity (Wildman–Crippen MR) is 106 cm³/mol. The Bertz CT molecular complexity index is 615. The number of carbonyl (C=O) groups is 2. The topological polar surface area (TPSA) is 49.9 Å². The summed E-state index contributed by atoms with van der Waals surface area (Å²) in [6.45, 7) is 7.33. The summed E-state index contributed by atoms with van der Waals surface area (Å²) in [6.07, 6.45) is 5.42. The third-order valence-electron chi connectivity index (χ3n) is 5.59. The van der Waals surface area contributed by atoms with Crippen LogP contribution in [0.4, 0.5) is 0 Å². The molecule has 3 rings (SSSR count). The molecule has 0 N–H and O–H groups in total. The number of ether oxygens (including phenoxy) is 1. The molecule has 0 spiro atoms. The Morgan fingerprint density at radius 3 is 2.44 bits per heavy atom.